The number of rotatable bonds is 9. The average Bonchev–Trinajstić information content (AvgIpc) is 3.21. The largest absolute Gasteiger partial charge is 0.454 e. The third kappa shape index (κ3) is 6.24. The lowest BCUT2D eigenvalue weighted by Gasteiger charge is -2.27. The summed E-state index contributed by atoms with van der Waals surface area (Å²) in [6.45, 7) is 7.77. The van der Waals surface area contributed by atoms with Crippen molar-refractivity contribution in [3.63, 3.8) is 0 Å². The number of amides is 1. The third-order valence-corrected chi connectivity index (χ3v) is 5.21. The Bertz CT molecular complexity index is 721. The van der Waals surface area contributed by atoms with Gasteiger partial charge in [0, 0.05) is 32.2 Å². The van der Waals surface area contributed by atoms with Gasteiger partial charge in [0.2, 0.25) is 13.6 Å². The smallest absolute Gasteiger partial charge is 0.412 e. The van der Waals surface area contributed by atoms with Crippen molar-refractivity contribution in [2.75, 3.05) is 53.0 Å². The van der Waals surface area contributed by atoms with Gasteiger partial charge in [0.05, 0.1) is 19.6 Å². The maximum atomic E-state index is 12.4. The number of ether oxygens (including phenoxy) is 5. The van der Waals surface area contributed by atoms with Crippen LogP contribution in [0.4, 0.5) is 4.79 Å². The zero-order chi connectivity index (χ0) is 21.3. The molecule has 1 atom stereocenters. The Balaban J connectivity index is 1.38. The molecule has 1 unspecified atom stereocenters. The lowest BCUT2D eigenvalue weighted by Crippen LogP contribution is -2.40. The fraction of sp³-hybridized carbons (Fsp3) is 0.619. The van der Waals surface area contributed by atoms with E-state index in [1.807, 2.05) is 32.0 Å². The fourth-order valence-electron chi connectivity index (χ4n) is 3.51. The fourth-order valence-corrected chi connectivity index (χ4v) is 3.51. The highest BCUT2D eigenvalue weighted by molar-refractivity contribution is 5.70. The van der Waals surface area contributed by atoms with E-state index in [4.69, 9.17) is 23.7 Å². The Hall–Kier alpha value is -2.52. The zero-order valence-electron chi connectivity index (χ0n) is 17.6. The molecule has 0 aromatic heterocycles. The number of fused-ring (bicyclic) bond motifs is 1. The molecule has 0 spiro atoms. The SMILES string of the molecule is CCN(C(=O)OCOC(=O)CCN1CCOCC1)C(C)Cc1ccc2c(c1)OCO2. The minimum absolute atomic E-state index is 0.0973. The summed E-state index contributed by atoms with van der Waals surface area (Å²) in [6, 6.07) is 5.66. The molecule has 1 aromatic rings. The molecule has 1 amide bonds. The van der Waals surface area contributed by atoms with Gasteiger partial charge in [0.25, 0.3) is 0 Å². The van der Waals surface area contributed by atoms with Crippen molar-refractivity contribution in [1.82, 2.24) is 9.80 Å². The highest BCUT2D eigenvalue weighted by Crippen LogP contribution is 2.33. The molecule has 2 aliphatic rings. The van der Waals surface area contributed by atoms with Crippen LogP contribution in [0.2, 0.25) is 0 Å². The van der Waals surface area contributed by atoms with Gasteiger partial charge in [-0.1, -0.05) is 6.07 Å². The van der Waals surface area contributed by atoms with E-state index in [9.17, 15) is 9.59 Å². The summed E-state index contributed by atoms with van der Waals surface area (Å²) in [5.74, 6) is 1.06. The first kappa shape index (κ1) is 22.2. The van der Waals surface area contributed by atoms with Gasteiger partial charge in [-0.3, -0.25) is 9.69 Å². The first-order valence-corrected chi connectivity index (χ1v) is 10.3. The third-order valence-electron chi connectivity index (χ3n) is 5.21. The van der Waals surface area contributed by atoms with Gasteiger partial charge in [-0.2, -0.15) is 0 Å². The summed E-state index contributed by atoms with van der Waals surface area (Å²) in [7, 11) is 0. The number of benzene rings is 1. The summed E-state index contributed by atoms with van der Waals surface area (Å²) >= 11 is 0. The Morgan fingerprint density at radius 1 is 1.17 bits per heavy atom. The van der Waals surface area contributed by atoms with E-state index in [2.05, 4.69) is 4.90 Å². The Kier molecular flexibility index (Phi) is 8.15. The first-order chi connectivity index (χ1) is 14.6. The first-order valence-electron chi connectivity index (χ1n) is 10.3. The van der Waals surface area contributed by atoms with Crippen LogP contribution >= 0.6 is 0 Å². The second-order valence-electron chi connectivity index (χ2n) is 7.28. The standard InChI is InChI=1S/C21H30N2O7/c1-3-23(16(2)12-17-4-5-18-19(13-17)28-14-27-18)21(25)30-15-29-20(24)6-7-22-8-10-26-11-9-22/h4-5,13,16H,3,6-12,14-15H2,1-2H3. The molecule has 1 saturated heterocycles. The second-order valence-corrected chi connectivity index (χ2v) is 7.28. The molecular formula is C21H30N2O7. The lowest BCUT2D eigenvalue weighted by molar-refractivity contribution is -0.153. The molecule has 9 heteroatoms. The maximum Gasteiger partial charge on any atom is 0.412 e. The van der Waals surface area contributed by atoms with Gasteiger partial charge in [-0.15, -0.1) is 0 Å². The van der Waals surface area contributed by atoms with Crippen LogP contribution in [0.15, 0.2) is 18.2 Å². The van der Waals surface area contributed by atoms with Crippen LogP contribution in [0.3, 0.4) is 0 Å². The molecule has 30 heavy (non-hydrogen) atoms. The van der Waals surface area contributed by atoms with E-state index in [1.165, 1.54) is 0 Å². The number of carbonyl (C=O) groups is 2. The zero-order valence-corrected chi connectivity index (χ0v) is 17.6. The normalized spacial score (nSPS) is 16.7. The van der Waals surface area contributed by atoms with Crippen molar-refractivity contribution in [2.45, 2.75) is 32.7 Å². The van der Waals surface area contributed by atoms with Crippen LogP contribution in [0.5, 0.6) is 11.5 Å². The molecule has 0 bridgehead atoms. The van der Waals surface area contributed by atoms with Crippen LogP contribution in [0.1, 0.15) is 25.8 Å². The Morgan fingerprint density at radius 2 is 1.93 bits per heavy atom. The van der Waals surface area contributed by atoms with Crippen molar-refractivity contribution < 1.29 is 33.3 Å². The van der Waals surface area contributed by atoms with Crippen molar-refractivity contribution in [3.8, 4) is 11.5 Å². The number of nitrogens with zero attached hydrogens (tertiary/aromatic N) is 2. The minimum atomic E-state index is -0.508. The highest BCUT2D eigenvalue weighted by atomic mass is 16.7. The van der Waals surface area contributed by atoms with Crippen LogP contribution < -0.4 is 9.47 Å². The minimum Gasteiger partial charge on any atom is -0.454 e. The molecular weight excluding hydrogens is 392 g/mol. The highest BCUT2D eigenvalue weighted by Gasteiger charge is 2.22. The Labute approximate surface area is 176 Å². The number of hydrogen-bond acceptors (Lipinski definition) is 8. The summed E-state index contributed by atoms with van der Waals surface area (Å²) in [6.07, 6.45) is 0.390. The summed E-state index contributed by atoms with van der Waals surface area (Å²) in [5, 5.41) is 0. The van der Waals surface area contributed by atoms with Crippen LogP contribution in [0, 0.1) is 0 Å². The molecule has 3 rings (SSSR count). The van der Waals surface area contributed by atoms with Crippen LogP contribution in [-0.2, 0) is 25.4 Å². The van der Waals surface area contributed by atoms with E-state index in [-0.39, 0.29) is 32.0 Å². The van der Waals surface area contributed by atoms with E-state index < -0.39 is 6.09 Å². The van der Waals surface area contributed by atoms with Crippen molar-refractivity contribution >= 4 is 12.1 Å². The molecule has 166 valence electrons. The van der Waals surface area contributed by atoms with Crippen LogP contribution in [-0.4, -0.2) is 80.9 Å². The number of morpholine rings is 1. The van der Waals surface area contributed by atoms with Gasteiger partial charge in [-0.25, -0.2) is 4.79 Å². The van der Waals surface area contributed by atoms with E-state index in [0.29, 0.717) is 38.5 Å². The summed E-state index contributed by atoms with van der Waals surface area (Å²) < 4.78 is 26.2. The average molecular weight is 422 g/mol. The van der Waals surface area contributed by atoms with Gasteiger partial charge < -0.3 is 28.6 Å². The van der Waals surface area contributed by atoms with Crippen molar-refractivity contribution in [3.05, 3.63) is 23.8 Å². The van der Waals surface area contributed by atoms with Crippen molar-refractivity contribution in [1.29, 1.82) is 0 Å². The number of carbonyl (C=O) groups excluding carboxylic acids is 2. The monoisotopic (exact) mass is 422 g/mol. The lowest BCUT2D eigenvalue weighted by atomic mass is 10.1. The maximum absolute atomic E-state index is 12.4. The molecule has 1 fully saturated rings. The number of esters is 1. The molecule has 0 aliphatic carbocycles. The molecule has 9 nitrogen and oxygen atoms in total. The van der Waals surface area contributed by atoms with Gasteiger partial charge in [-0.05, 0) is 38.0 Å². The van der Waals surface area contributed by atoms with Gasteiger partial charge in [0.1, 0.15) is 0 Å². The quantitative estimate of drug-likeness (QED) is 0.441. The van der Waals surface area contributed by atoms with Crippen molar-refractivity contribution in [2.24, 2.45) is 0 Å². The molecule has 1 aromatic carbocycles. The Morgan fingerprint density at radius 3 is 2.70 bits per heavy atom. The van der Waals surface area contributed by atoms with Gasteiger partial charge >= 0.3 is 12.1 Å². The molecule has 2 heterocycles. The second kappa shape index (κ2) is 11.0. The number of hydrogen-bond donors (Lipinski definition) is 0. The van der Waals surface area contributed by atoms with Gasteiger partial charge in [0.15, 0.2) is 11.5 Å². The molecule has 2 aliphatic heterocycles. The topological polar surface area (TPSA) is 86.8 Å². The van der Waals surface area contributed by atoms with E-state index in [1.54, 1.807) is 4.90 Å². The molecule has 0 saturated carbocycles. The van der Waals surface area contributed by atoms with E-state index in [0.717, 1.165) is 24.4 Å². The predicted molar refractivity (Wildman–Crippen MR) is 107 cm³/mol. The summed E-state index contributed by atoms with van der Waals surface area (Å²) in [5.41, 5.74) is 1.03. The molecule has 0 N–H and O–H groups in total. The van der Waals surface area contributed by atoms with E-state index >= 15 is 0 Å². The molecule has 0 radical (unpaired) electrons. The predicted octanol–water partition coefficient (Wildman–Crippen LogP) is 2.03. The van der Waals surface area contributed by atoms with Crippen LogP contribution in [0.25, 0.3) is 0 Å². The summed E-state index contributed by atoms with van der Waals surface area (Å²) in [4.78, 5) is 28.0. The number of likely N-dealkylation sites (N-methyl/N-ethyl adjacent to an activating group) is 1.